The molecule has 2 amide bonds. The summed E-state index contributed by atoms with van der Waals surface area (Å²) in [6, 6.07) is 6.39. The summed E-state index contributed by atoms with van der Waals surface area (Å²) in [5.74, 6) is 0.645. The summed E-state index contributed by atoms with van der Waals surface area (Å²) < 4.78 is 5.23. The van der Waals surface area contributed by atoms with Crippen LogP contribution in [-0.4, -0.2) is 22.7 Å². The third-order valence-electron chi connectivity index (χ3n) is 2.96. The largest absolute Gasteiger partial charge is 0.428 e. The Kier molecular flexibility index (Phi) is 4.82. The molecule has 3 N–H and O–H groups in total. The number of carbonyl (C=O) groups excluding carboxylic acids is 1. The van der Waals surface area contributed by atoms with Gasteiger partial charge in [0.1, 0.15) is 5.76 Å². The Morgan fingerprint density at radius 2 is 2.05 bits per heavy atom. The number of benzene rings is 1. The summed E-state index contributed by atoms with van der Waals surface area (Å²) in [5, 5.41) is 15.5. The average molecular weight is 310 g/mol. The van der Waals surface area contributed by atoms with Crippen molar-refractivity contribution in [3.8, 4) is 0 Å². The van der Waals surface area contributed by atoms with Crippen LogP contribution in [0.25, 0.3) is 0 Å². The zero-order valence-electron chi connectivity index (χ0n) is 11.7. The first kappa shape index (κ1) is 15.3. The molecule has 0 radical (unpaired) electrons. The molecule has 0 spiro atoms. The van der Waals surface area contributed by atoms with E-state index in [1.807, 2.05) is 0 Å². The fourth-order valence-electron chi connectivity index (χ4n) is 1.66. The summed E-state index contributed by atoms with van der Waals surface area (Å²) in [4.78, 5) is 15.7. The first-order valence-electron chi connectivity index (χ1n) is 6.38. The van der Waals surface area contributed by atoms with Crippen LogP contribution in [0.2, 0.25) is 5.02 Å². The molecule has 0 saturated heterocycles. The zero-order chi connectivity index (χ0) is 15.4. The molecular formula is C14H16ClN3O3. The van der Waals surface area contributed by atoms with Crippen LogP contribution in [-0.2, 0) is 0 Å². The summed E-state index contributed by atoms with van der Waals surface area (Å²) in [5.41, 5.74) is 1.38. The highest BCUT2D eigenvalue weighted by molar-refractivity contribution is 6.30. The fraction of sp³-hybridized carbons (Fsp3) is 0.286. The molecule has 21 heavy (non-hydrogen) atoms. The maximum atomic E-state index is 11.7. The van der Waals surface area contributed by atoms with Gasteiger partial charge in [-0.05, 0) is 31.5 Å². The molecule has 0 aliphatic rings. The van der Waals surface area contributed by atoms with E-state index in [9.17, 15) is 9.90 Å². The van der Waals surface area contributed by atoms with Gasteiger partial charge in [-0.2, -0.15) is 4.98 Å². The molecule has 2 aromatic rings. The van der Waals surface area contributed by atoms with E-state index in [4.69, 9.17) is 16.0 Å². The van der Waals surface area contributed by atoms with Crippen LogP contribution in [0.15, 0.2) is 28.7 Å². The van der Waals surface area contributed by atoms with Crippen LogP contribution < -0.4 is 10.6 Å². The highest BCUT2D eigenvalue weighted by Gasteiger charge is 2.12. The maximum absolute atomic E-state index is 11.7. The minimum atomic E-state index is -0.818. The van der Waals surface area contributed by atoms with Crippen LogP contribution in [0.5, 0.6) is 0 Å². The van der Waals surface area contributed by atoms with Gasteiger partial charge < -0.3 is 14.8 Å². The molecule has 0 aliphatic heterocycles. The van der Waals surface area contributed by atoms with Gasteiger partial charge in [0.25, 0.3) is 0 Å². The molecule has 1 heterocycles. The molecule has 0 fully saturated rings. The number of aliphatic hydroxyl groups excluding tert-OH is 1. The Morgan fingerprint density at radius 1 is 1.38 bits per heavy atom. The van der Waals surface area contributed by atoms with E-state index in [0.29, 0.717) is 22.0 Å². The zero-order valence-corrected chi connectivity index (χ0v) is 12.4. The molecule has 0 saturated carbocycles. The first-order valence-corrected chi connectivity index (χ1v) is 6.76. The number of aromatic nitrogens is 1. The number of nitrogens with zero attached hydrogens (tertiary/aromatic N) is 1. The second-order valence-electron chi connectivity index (χ2n) is 4.56. The van der Waals surface area contributed by atoms with Crippen molar-refractivity contribution < 1.29 is 14.3 Å². The van der Waals surface area contributed by atoms with Crippen LogP contribution >= 0.6 is 11.6 Å². The van der Waals surface area contributed by atoms with Gasteiger partial charge in [-0.25, -0.2) is 4.79 Å². The Labute approximate surface area is 127 Å². The average Bonchev–Trinajstić information content (AvgIpc) is 2.75. The summed E-state index contributed by atoms with van der Waals surface area (Å²) in [7, 11) is 0. The number of oxazole rings is 1. The lowest BCUT2D eigenvalue weighted by molar-refractivity contribution is 0.175. The predicted molar refractivity (Wildman–Crippen MR) is 79.4 cm³/mol. The molecule has 2 rings (SSSR count). The van der Waals surface area contributed by atoms with E-state index in [1.165, 1.54) is 0 Å². The van der Waals surface area contributed by atoms with E-state index >= 15 is 0 Å². The van der Waals surface area contributed by atoms with E-state index in [0.717, 1.165) is 0 Å². The Hall–Kier alpha value is -2.05. The van der Waals surface area contributed by atoms with Crippen LogP contribution in [0.4, 0.5) is 10.8 Å². The van der Waals surface area contributed by atoms with Gasteiger partial charge in [-0.3, -0.25) is 5.32 Å². The van der Waals surface area contributed by atoms with Crippen molar-refractivity contribution in [2.75, 3.05) is 11.9 Å². The Morgan fingerprint density at radius 3 is 2.62 bits per heavy atom. The van der Waals surface area contributed by atoms with Crippen molar-refractivity contribution in [1.82, 2.24) is 10.3 Å². The molecular weight excluding hydrogens is 294 g/mol. The highest BCUT2D eigenvalue weighted by atomic mass is 35.5. The molecule has 0 bridgehead atoms. The quantitative estimate of drug-likeness (QED) is 0.810. The molecule has 7 heteroatoms. The molecule has 1 aromatic carbocycles. The van der Waals surface area contributed by atoms with Crippen LogP contribution in [0, 0.1) is 13.8 Å². The van der Waals surface area contributed by atoms with Crippen LogP contribution in [0.3, 0.4) is 0 Å². The minimum Gasteiger partial charge on any atom is -0.428 e. The number of carbonyl (C=O) groups is 1. The van der Waals surface area contributed by atoms with Crippen molar-refractivity contribution in [1.29, 1.82) is 0 Å². The topological polar surface area (TPSA) is 87.4 Å². The number of halogens is 1. The van der Waals surface area contributed by atoms with Gasteiger partial charge in [0.05, 0.1) is 11.8 Å². The summed E-state index contributed by atoms with van der Waals surface area (Å²) in [6.07, 6.45) is -0.818. The third kappa shape index (κ3) is 4.21. The Bertz CT molecular complexity index is 605. The highest BCUT2D eigenvalue weighted by Crippen LogP contribution is 2.16. The molecule has 112 valence electrons. The summed E-state index contributed by atoms with van der Waals surface area (Å²) >= 11 is 5.77. The van der Waals surface area contributed by atoms with E-state index in [2.05, 4.69) is 15.6 Å². The van der Waals surface area contributed by atoms with E-state index in [-0.39, 0.29) is 12.6 Å². The smallest absolute Gasteiger partial charge is 0.322 e. The van der Waals surface area contributed by atoms with Crippen molar-refractivity contribution in [3.63, 3.8) is 0 Å². The number of nitrogens with one attached hydrogen (secondary N) is 2. The number of rotatable bonds is 4. The van der Waals surface area contributed by atoms with Gasteiger partial charge in [-0.15, -0.1) is 0 Å². The number of amides is 2. The number of aliphatic hydroxyl groups is 1. The van der Waals surface area contributed by atoms with Crippen molar-refractivity contribution >= 4 is 23.6 Å². The number of hydrogen-bond acceptors (Lipinski definition) is 4. The SMILES string of the molecule is Cc1nc(NC(=O)NCC(O)c2ccc(Cl)cc2)oc1C. The lowest BCUT2D eigenvalue weighted by Gasteiger charge is -2.12. The van der Waals surface area contributed by atoms with Crippen molar-refractivity contribution in [2.24, 2.45) is 0 Å². The van der Waals surface area contributed by atoms with Gasteiger partial charge >= 0.3 is 12.0 Å². The first-order chi connectivity index (χ1) is 9.95. The maximum Gasteiger partial charge on any atom is 0.322 e. The number of aryl methyl sites for hydroxylation is 2. The standard InChI is InChI=1S/C14H16ClN3O3/c1-8-9(2)21-14(17-8)18-13(20)16-7-12(19)10-3-5-11(15)6-4-10/h3-6,12,19H,7H2,1-2H3,(H2,16,17,18,20). The number of anilines is 1. The van der Waals surface area contributed by atoms with E-state index in [1.54, 1.807) is 38.1 Å². The Balaban J connectivity index is 1.84. The third-order valence-corrected chi connectivity index (χ3v) is 3.21. The lowest BCUT2D eigenvalue weighted by Crippen LogP contribution is -2.32. The lowest BCUT2D eigenvalue weighted by atomic mass is 10.1. The van der Waals surface area contributed by atoms with Gasteiger partial charge in [0, 0.05) is 11.6 Å². The fourth-order valence-corrected chi connectivity index (χ4v) is 1.79. The molecule has 1 aromatic heterocycles. The normalized spacial score (nSPS) is 12.0. The van der Waals surface area contributed by atoms with Crippen molar-refractivity contribution in [2.45, 2.75) is 20.0 Å². The molecule has 0 aliphatic carbocycles. The van der Waals surface area contributed by atoms with Gasteiger partial charge in [-0.1, -0.05) is 23.7 Å². The second kappa shape index (κ2) is 6.60. The molecule has 6 nitrogen and oxygen atoms in total. The van der Waals surface area contributed by atoms with E-state index < -0.39 is 12.1 Å². The number of urea groups is 1. The van der Waals surface area contributed by atoms with Crippen molar-refractivity contribution in [3.05, 3.63) is 46.3 Å². The van der Waals surface area contributed by atoms with Crippen LogP contribution in [0.1, 0.15) is 23.1 Å². The monoisotopic (exact) mass is 309 g/mol. The van der Waals surface area contributed by atoms with Gasteiger partial charge in [0.15, 0.2) is 0 Å². The number of hydrogen-bond donors (Lipinski definition) is 3. The minimum absolute atomic E-state index is 0.0616. The molecule has 1 atom stereocenters. The molecule has 1 unspecified atom stereocenters. The second-order valence-corrected chi connectivity index (χ2v) is 5.00. The van der Waals surface area contributed by atoms with Gasteiger partial charge in [0.2, 0.25) is 0 Å². The predicted octanol–water partition coefficient (Wildman–Crippen LogP) is 2.80. The summed E-state index contributed by atoms with van der Waals surface area (Å²) in [6.45, 7) is 3.61.